The van der Waals surface area contributed by atoms with E-state index in [1.54, 1.807) is 24.3 Å². The van der Waals surface area contributed by atoms with Crippen molar-refractivity contribution >= 4 is 17.6 Å². The molecule has 0 radical (unpaired) electrons. The van der Waals surface area contributed by atoms with Crippen LogP contribution in [-0.2, 0) is 6.42 Å². The van der Waals surface area contributed by atoms with Gasteiger partial charge in [0.15, 0.2) is 0 Å². The summed E-state index contributed by atoms with van der Waals surface area (Å²) in [4.78, 5) is 12.0. The zero-order chi connectivity index (χ0) is 15.1. The highest BCUT2D eigenvalue weighted by Gasteiger charge is 2.08. The number of unbranched alkanes of at least 4 members (excludes halogenated alkanes) is 2. The van der Waals surface area contributed by atoms with Gasteiger partial charge < -0.3 is 4.74 Å². The van der Waals surface area contributed by atoms with Crippen molar-refractivity contribution < 1.29 is 9.53 Å². The van der Waals surface area contributed by atoms with E-state index < -0.39 is 0 Å². The first-order valence-electron chi connectivity index (χ1n) is 7.25. The van der Waals surface area contributed by atoms with Crippen LogP contribution in [0.5, 0.6) is 5.75 Å². The summed E-state index contributed by atoms with van der Waals surface area (Å²) < 4.78 is 5.30. The summed E-state index contributed by atoms with van der Waals surface area (Å²) in [5.74, 6) is 0.147. The van der Waals surface area contributed by atoms with E-state index >= 15 is 0 Å². The minimum absolute atomic E-state index is 0.350. The molecule has 0 bridgehead atoms. The molecular weight excluding hydrogens is 284 g/mol. The van der Waals surface area contributed by atoms with Crippen molar-refractivity contribution in [1.29, 1.82) is 0 Å². The summed E-state index contributed by atoms with van der Waals surface area (Å²) in [6.07, 6.45) is 4.69. The second-order valence-electron chi connectivity index (χ2n) is 5.00. The molecule has 3 heteroatoms. The summed E-state index contributed by atoms with van der Waals surface area (Å²) in [5, 5.41) is 0.617. The second kappa shape index (κ2) is 7.84. The molecule has 0 N–H and O–H groups in total. The van der Waals surface area contributed by atoms with Crippen LogP contribution in [-0.4, -0.2) is 5.97 Å². The first kappa shape index (κ1) is 15.6. The number of hydrogen-bond donors (Lipinski definition) is 0. The van der Waals surface area contributed by atoms with Gasteiger partial charge >= 0.3 is 5.97 Å². The Morgan fingerprint density at radius 2 is 1.67 bits per heavy atom. The maximum absolute atomic E-state index is 12.0. The van der Waals surface area contributed by atoms with Crippen LogP contribution in [0, 0.1) is 0 Å². The van der Waals surface area contributed by atoms with Crippen LogP contribution >= 0.6 is 11.6 Å². The van der Waals surface area contributed by atoms with Crippen molar-refractivity contribution in [2.45, 2.75) is 32.6 Å². The van der Waals surface area contributed by atoms with E-state index in [1.165, 1.54) is 24.8 Å². The van der Waals surface area contributed by atoms with Gasteiger partial charge in [0.25, 0.3) is 0 Å². The third-order valence-electron chi connectivity index (χ3n) is 3.28. The van der Waals surface area contributed by atoms with E-state index in [9.17, 15) is 4.79 Å². The molecule has 0 saturated carbocycles. The van der Waals surface area contributed by atoms with Gasteiger partial charge in [-0.15, -0.1) is 0 Å². The van der Waals surface area contributed by atoms with Crippen LogP contribution in [0.25, 0.3) is 0 Å². The monoisotopic (exact) mass is 302 g/mol. The molecule has 0 saturated heterocycles. The third kappa shape index (κ3) is 4.91. The van der Waals surface area contributed by atoms with Gasteiger partial charge in [-0.25, -0.2) is 4.79 Å². The number of carbonyl (C=O) groups excluding carboxylic acids is 1. The number of carbonyl (C=O) groups is 1. The lowest BCUT2D eigenvalue weighted by Gasteiger charge is -2.05. The van der Waals surface area contributed by atoms with Gasteiger partial charge in [-0.1, -0.05) is 43.5 Å². The lowest BCUT2D eigenvalue weighted by atomic mass is 10.1. The number of rotatable bonds is 6. The molecule has 2 aromatic rings. The number of hydrogen-bond acceptors (Lipinski definition) is 2. The van der Waals surface area contributed by atoms with Gasteiger partial charge in [-0.05, 0) is 54.8 Å². The van der Waals surface area contributed by atoms with Crippen molar-refractivity contribution in [2.24, 2.45) is 0 Å². The smallest absolute Gasteiger partial charge is 0.343 e. The predicted molar refractivity (Wildman–Crippen MR) is 86.1 cm³/mol. The normalized spacial score (nSPS) is 10.4. The van der Waals surface area contributed by atoms with Crippen molar-refractivity contribution in [3.8, 4) is 5.75 Å². The molecule has 2 rings (SSSR count). The van der Waals surface area contributed by atoms with Gasteiger partial charge in [0.2, 0.25) is 0 Å². The lowest BCUT2D eigenvalue weighted by Crippen LogP contribution is -2.08. The Labute approximate surface area is 130 Å². The molecule has 2 aromatic carbocycles. The summed E-state index contributed by atoms with van der Waals surface area (Å²) in [7, 11) is 0. The topological polar surface area (TPSA) is 26.3 Å². The Hall–Kier alpha value is -1.80. The van der Waals surface area contributed by atoms with Crippen LogP contribution in [0.1, 0.15) is 42.1 Å². The van der Waals surface area contributed by atoms with Crippen LogP contribution in [0.4, 0.5) is 0 Å². The molecule has 0 unspecified atom stereocenters. The first-order chi connectivity index (χ1) is 10.2. The third-order valence-corrected chi connectivity index (χ3v) is 3.53. The molecule has 0 amide bonds. The molecule has 0 aliphatic rings. The molecule has 0 aliphatic heterocycles. The van der Waals surface area contributed by atoms with Crippen molar-refractivity contribution in [1.82, 2.24) is 0 Å². The molecule has 0 fully saturated rings. The number of halogens is 1. The van der Waals surface area contributed by atoms with E-state index in [4.69, 9.17) is 16.3 Å². The molecular formula is C18H19ClO2. The second-order valence-corrected chi connectivity index (χ2v) is 5.43. The average molecular weight is 303 g/mol. The van der Waals surface area contributed by atoms with Crippen molar-refractivity contribution in [2.75, 3.05) is 0 Å². The lowest BCUT2D eigenvalue weighted by molar-refractivity contribution is 0.0735. The van der Waals surface area contributed by atoms with Gasteiger partial charge in [-0.2, -0.15) is 0 Å². The SMILES string of the molecule is CCCCCc1ccc(C(=O)Oc2ccc(Cl)cc2)cc1. The highest BCUT2D eigenvalue weighted by atomic mass is 35.5. The van der Waals surface area contributed by atoms with E-state index in [1.807, 2.05) is 24.3 Å². The molecule has 0 aliphatic carbocycles. The summed E-state index contributed by atoms with van der Waals surface area (Å²) in [6, 6.07) is 14.4. The number of ether oxygens (including phenoxy) is 1. The van der Waals surface area contributed by atoms with Gasteiger partial charge in [0, 0.05) is 5.02 Å². The fraction of sp³-hybridized carbons (Fsp3) is 0.278. The van der Waals surface area contributed by atoms with E-state index in [0.29, 0.717) is 16.3 Å². The molecule has 21 heavy (non-hydrogen) atoms. The summed E-state index contributed by atoms with van der Waals surface area (Å²) in [5.41, 5.74) is 1.82. The number of esters is 1. The largest absolute Gasteiger partial charge is 0.423 e. The molecule has 0 aromatic heterocycles. The minimum atomic E-state index is -0.350. The Kier molecular flexibility index (Phi) is 5.82. The van der Waals surface area contributed by atoms with E-state index in [-0.39, 0.29) is 5.97 Å². The Morgan fingerprint density at radius 1 is 1.00 bits per heavy atom. The fourth-order valence-electron chi connectivity index (χ4n) is 2.06. The van der Waals surface area contributed by atoms with Crippen molar-refractivity contribution in [3.05, 3.63) is 64.7 Å². The Morgan fingerprint density at radius 3 is 2.29 bits per heavy atom. The maximum atomic E-state index is 12.0. The molecule has 2 nitrogen and oxygen atoms in total. The van der Waals surface area contributed by atoms with E-state index in [0.717, 1.165) is 6.42 Å². The molecule has 110 valence electrons. The predicted octanol–water partition coefficient (Wildman–Crippen LogP) is 5.29. The first-order valence-corrected chi connectivity index (χ1v) is 7.63. The van der Waals surface area contributed by atoms with Crippen molar-refractivity contribution in [3.63, 3.8) is 0 Å². The average Bonchev–Trinajstić information content (AvgIpc) is 2.50. The van der Waals surface area contributed by atoms with Gasteiger partial charge in [0.05, 0.1) is 5.56 Å². The van der Waals surface area contributed by atoms with Crippen LogP contribution in [0.15, 0.2) is 48.5 Å². The molecule has 0 atom stereocenters. The van der Waals surface area contributed by atoms with Gasteiger partial charge in [-0.3, -0.25) is 0 Å². The number of aryl methyl sites for hydroxylation is 1. The minimum Gasteiger partial charge on any atom is -0.423 e. The highest BCUT2D eigenvalue weighted by Crippen LogP contribution is 2.17. The maximum Gasteiger partial charge on any atom is 0.343 e. The Bertz CT molecular complexity index is 573. The Balaban J connectivity index is 1.94. The highest BCUT2D eigenvalue weighted by molar-refractivity contribution is 6.30. The van der Waals surface area contributed by atoms with E-state index in [2.05, 4.69) is 6.92 Å². The van der Waals surface area contributed by atoms with Crippen LogP contribution in [0.3, 0.4) is 0 Å². The molecule has 0 heterocycles. The molecule has 0 spiro atoms. The fourth-order valence-corrected chi connectivity index (χ4v) is 2.18. The summed E-state index contributed by atoms with van der Waals surface area (Å²) >= 11 is 5.79. The zero-order valence-corrected chi connectivity index (χ0v) is 12.9. The van der Waals surface area contributed by atoms with Crippen LogP contribution in [0.2, 0.25) is 5.02 Å². The standard InChI is InChI=1S/C18H19ClO2/c1-2-3-4-5-14-6-8-15(9-7-14)18(20)21-17-12-10-16(19)11-13-17/h6-13H,2-5H2,1H3. The number of benzene rings is 2. The summed E-state index contributed by atoms with van der Waals surface area (Å²) in [6.45, 7) is 2.19. The van der Waals surface area contributed by atoms with Gasteiger partial charge in [0.1, 0.15) is 5.75 Å². The van der Waals surface area contributed by atoms with Crippen LogP contribution < -0.4 is 4.74 Å². The quantitative estimate of drug-likeness (QED) is 0.411. The zero-order valence-electron chi connectivity index (χ0n) is 12.1.